The number of hydrogen-bond donors (Lipinski definition) is 0. The maximum absolute atomic E-state index is 6.30. The van der Waals surface area contributed by atoms with Crippen LogP contribution in [0.2, 0.25) is 5.15 Å². The largest absolute Gasteiger partial charge is 0.486 e. The normalized spacial score (nSPS) is 24.8. The van der Waals surface area contributed by atoms with Crippen molar-refractivity contribution in [3.05, 3.63) is 11.3 Å². The average molecular weight is 271 g/mol. The number of halogens is 1. The van der Waals surface area contributed by atoms with Crippen LogP contribution in [0.5, 0.6) is 5.75 Å². The van der Waals surface area contributed by atoms with Gasteiger partial charge < -0.3 is 9.47 Å². The van der Waals surface area contributed by atoms with Gasteiger partial charge in [0.2, 0.25) is 0 Å². The van der Waals surface area contributed by atoms with Crippen LogP contribution < -0.4 is 4.74 Å². The zero-order valence-electron chi connectivity index (χ0n) is 10.5. The molecular formula is C13H19ClN2O2. The van der Waals surface area contributed by atoms with Gasteiger partial charge in [-0.2, -0.15) is 5.10 Å². The molecule has 1 unspecified atom stereocenters. The van der Waals surface area contributed by atoms with Gasteiger partial charge in [-0.1, -0.05) is 11.6 Å². The molecular weight excluding hydrogens is 252 g/mol. The first-order chi connectivity index (χ1) is 8.83. The molecule has 1 saturated carbocycles. The topological polar surface area (TPSA) is 36.3 Å². The fourth-order valence-electron chi connectivity index (χ4n) is 2.73. The summed E-state index contributed by atoms with van der Waals surface area (Å²) < 4.78 is 13.3. The fourth-order valence-corrected chi connectivity index (χ4v) is 2.93. The quantitative estimate of drug-likeness (QED) is 0.844. The van der Waals surface area contributed by atoms with Gasteiger partial charge >= 0.3 is 0 Å². The van der Waals surface area contributed by atoms with Crippen molar-refractivity contribution in [2.24, 2.45) is 0 Å². The van der Waals surface area contributed by atoms with Crippen LogP contribution in [0.1, 0.15) is 38.5 Å². The molecule has 100 valence electrons. The van der Waals surface area contributed by atoms with E-state index in [9.17, 15) is 0 Å². The first-order valence-electron chi connectivity index (χ1n) is 6.82. The second kappa shape index (κ2) is 5.49. The number of nitrogens with zero attached hydrogens (tertiary/aromatic N) is 2. The Balaban J connectivity index is 1.63. The summed E-state index contributed by atoms with van der Waals surface area (Å²) in [5.41, 5.74) is 0. The minimum Gasteiger partial charge on any atom is -0.486 e. The summed E-state index contributed by atoms with van der Waals surface area (Å²) in [4.78, 5) is 0. The van der Waals surface area contributed by atoms with E-state index in [1.165, 1.54) is 12.8 Å². The van der Waals surface area contributed by atoms with E-state index in [0.717, 1.165) is 44.6 Å². The molecule has 1 aromatic rings. The van der Waals surface area contributed by atoms with Crippen molar-refractivity contribution >= 4 is 11.6 Å². The Hall–Kier alpha value is -0.740. The standard InChI is InChI=1S/C13H19ClN2O2/c14-13-12(18-10-4-1-2-5-10)8-15-16(13)9-11-6-3-7-17-11/h8,10-11H,1-7,9H2. The third-order valence-corrected chi connectivity index (χ3v) is 4.12. The Labute approximate surface area is 112 Å². The van der Waals surface area contributed by atoms with Crippen molar-refractivity contribution < 1.29 is 9.47 Å². The van der Waals surface area contributed by atoms with Gasteiger partial charge in [-0.3, -0.25) is 0 Å². The van der Waals surface area contributed by atoms with Crippen molar-refractivity contribution in [1.82, 2.24) is 9.78 Å². The lowest BCUT2D eigenvalue weighted by Gasteiger charge is -2.12. The smallest absolute Gasteiger partial charge is 0.176 e. The Bertz CT molecular complexity index is 360. The predicted molar refractivity (Wildman–Crippen MR) is 69.1 cm³/mol. The minimum atomic E-state index is 0.252. The van der Waals surface area contributed by atoms with E-state index in [1.807, 2.05) is 0 Å². The molecule has 0 bridgehead atoms. The number of aromatic nitrogens is 2. The second-order valence-corrected chi connectivity index (χ2v) is 5.50. The minimum absolute atomic E-state index is 0.252. The highest BCUT2D eigenvalue weighted by atomic mass is 35.5. The third-order valence-electron chi connectivity index (χ3n) is 3.74. The predicted octanol–water partition coefficient (Wildman–Crippen LogP) is 3.04. The van der Waals surface area contributed by atoms with Gasteiger partial charge in [0, 0.05) is 6.61 Å². The molecule has 18 heavy (non-hydrogen) atoms. The zero-order valence-corrected chi connectivity index (χ0v) is 11.2. The lowest BCUT2D eigenvalue weighted by Crippen LogP contribution is -2.16. The Morgan fingerprint density at radius 3 is 2.89 bits per heavy atom. The lowest BCUT2D eigenvalue weighted by atomic mass is 10.2. The van der Waals surface area contributed by atoms with Gasteiger partial charge in [-0.15, -0.1) is 0 Å². The summed E-state index contributed by atoms with van der Waals surface area (Å²) >= 11 is 6.30. The van der Waals surface area contributed by atoms with Crippen LogP contribution in [0.4, 0.5) is 0 Å². The Morgan fingerprint density at radius 2 is 2.17 bits per heavy atom. The molecule has 2 fully saturated rings. The van der Waals surface area contributed by atoms with Crippen LogP contribution >= 0.6 is 11.6 Å². The maximum Gasteiger partial charge on any atom is 0.176 e. The summed E-state index contributed by atoms with van der Waals surface area (Å²) in [5, 5.41) is 4.91. The van der Waals surface area contributed by atoms with Gasteiger partial charge in [0.25, 0.3) is 0 Å². The van der Waals surface area contributed by atoms with Crippen LogP contribution in [0, 0.1) is 0 Å². The molecule has 1 aliphatic heterocycles. The van der Waals surface area contributed by atoms with E-state index in [4.69, 9.17) is 21.1 Å². The zero-order chi connectivity index (χ0) is 12.4. The average Bonchev–Trinajstić information content (AvgIpc) is 3.08. The molecule has 0 N–H and O–H groups in total. The first-order valence-corrected chi connectivity index (χ1v) is 7.20. The van der Waals surface area contributed by atoms with Gasteiger partial charge in [-0.05, 0) is 38.5 Å². The molecule has 4 nitrogen and oxygen atoms in total. The molecule has 0 aromatic carbocycles. The molecule has 1 aliphatic carbocycles. The molecule has 1 aromatic heterocycles. The summed E-state index contributed by atoms with van der Waals surface area (Å²) in [6, 6.07) is 0. The maximum atomic E-state index is 6.30. The van der Waals surface area contributed by atoms with Gasteiger partial charge in [0.05, 0.1) is 24.9 Å². The molecule has 0 radical (unpaired) electrons. The van der Waals surface area contributed by atoms with Gasteiger partial charge in [0.1, 0.15) is 0 Å². The number of rotatable bonds is 4. The van der Waals surface area contributed by atoms with Crippen molar-refractivity contribution in [3.63, 3.8) is 0 Å². The monoisotopic (exact) mass is 270 g/mol. The van der Waals surface area contributed by atoms with Gasteiger partial charge in [0.15, 0.2) is 10.9 Å². The molecule has 1 atom stereocenters. The molecule has 1 saturated heterocycles. The number of ether oxygens (including phenoxy) is 2. The molecule has 0 spiro atoms. The van der Waals surface area contributed by atoms with E-state index in [0.29, 0.717) is 11.3 Å². The summed E-state index contributed by atoms with van der Waals surface area (Å²) in [6.07, 6.45) is 9.31. The van der Waals surface area contributed by atoms with Crippen molar-refractivity contribution in [1.29, 1.82) is 0 Å². The van der Waals surface area contributed by atoms with Crippen LogP contribution in [0.25, 0.3) is 0 Å². The highest BCUT2D eigenvalue weighted by Crippen LogP contribution is 2.30. The second-order valence-electron chi connectivity index (χ2n) is 5.14. The fraction of sp³-hybridized carbons (Fsp3) is 0.769. The third kappa shape index (κ3) is 2.64. The van der Waals surface area contributed by atoms with E-state index in [2.05, 4.69) is 5.10 Å². The lowest BCUT2D eigenvalue weighted by molar-refractivity contribution is 0.0939. The molecule has 5 heteroatoms. The van der Waals surface area contributed by atoms with E-state index in [1.54, 1.807) is 10.9 Å². The van der Waals surface area contributed by atoms with Crippen LogP contribution in [-0.2, 0) is 11.3 Å². The molecule has 3 rings (SSSR count). The van der Waals surface area contributed by atoms with Gasteiger partial charge in [-0.25, -0.2) is 4.68 Å². The van der Waals surface area contributed by atoms with Crippen molar-refractivity contribution in [3.8, 4) is 5.75 Å². The Morgan fingerprint density at radius 1 is 1.33 bits per heavy atom. The van der Waals surface area contributed by atoms with E-state index in [-0.39, 0.29) is 6.10 Å². The van der Waals surface area contributed by atoms with Crippen molar-refractivity contribution in [2.45, 2.75) is 57.3 Å². The SMILES string of the molecule is Clc1c(OC2CCCC2)cnn1CC1CCCO1. The number of hydrogen-bond acceptors (Lipinski definition) is 3. The molecule has 2 heterocycles. The first kappa shape index (κ1) is 12.3. The van der Waals surface area contributed by atoms with Crippen LogP contribution in [0.15, 0.2) is 6.20 Å². The van der Waals surface area contributed by atoms with Crippen LogP contribution in [0.3, 0.4) is 0 Å². The summed E-state index contributed by atoms with van der Waals surface area (Å²) in [6.45, 7) is 1.59. The Kier molecular flexibility index (Phi) is 3.75. The molecule has 2 aliphatic rings. The highest BCUT2D eigenvalue weighted by molar-refractivity contribution is 6.31. The van der Waals surface area contributed by atoms with E-state index >= 15 is 0 Å². The highest BCUT2D eigenvalue weighted by Gasteiger charge is 2.22. The summed E-state index contributed by atoms with van der Waals surface area (Å²) in [7, 11) is 0. The van der Waals surface area contributed by atoms with Crippen LogP contribution in [-0.4, -0.2) is 28.6 Å². The molecule has 0 amide bonds. The van der Waals surface area contributed by atoms with E-state index < -0.39 is 0 Å². The summed E-state index contributed by atoms with van der Waals surface area (Å²) in [5.74, 6) is 0.724. The van der Waals surface area contributed by atoms with Crippen molar-refractivity contribution in [2.75, 3.05) is 6.61 Å².